The molecule has 0 aromatic carbocycles. The second-order valence-corrected chi connectivity index (χ2v) is 6.15. The molecule has 0 radical (unpaired) electrons. The first-order valence-electron chi connectivity index (χ1n) is 5.05. The fourth-order valence-corrected chi connectivity index (χ4v) is 2.36. The van der Waals surface area contributed by atoms with Gasteiger partial charge in [0.2, 0.25) is 5.91 Å². The first-order chi connectivity index (χ1) is 6.92. The van der Waals surface area contributed by atoms with Crippen molar-refractivity contribution in [2.24, 2.45) is 0 Å². The highest BCUT2D eigenvalue weighted by molar-refractivity contribution is 7.91. The zero-order chi connectivity index (χ0) is 11.5. The fourth-order valence-electron chi connectivity index (χ4n) is 1.73. The van der Waals surface area contributed by atoms with Crippen LogP contribution in [-0.2, 0) is 14.6 Å². The van der Waals surface area contributed by atoms with Gasteiger partial charge in [-0.05, 0) is 19.9 Å². The van der Waals surface area contributed by atoms with Gasteiger partial charge in [-0.25, -0.2) is 8.42 Å². The Bertz CT molecular complexity index is 318. The molecule has 6 heteroatoms. The maximum Gasteiger partial charge on any atom is 0.237 e. The molecule has 0 aliphatic carbocycles. The summed E-state index contributed by atoms with van der Waals surface area (Å²) in [5.41, 5.74) is 0. The number of likely N-dealkylation sites (tertiary alicyclic amines) is 1. The minimum Gasteiger partial charge on any atom is -0.342 e. The van der Waals surface area contributed by atoms with Crippen LogP contribution in [-0.4, -0.2) is 57.4 Å². The highest BCUT2D eigenvalue weighted by Crippen LogP contribution is 2.10. The second-order valence-electron chi connectivity index (χ2n) is 4.01. The number of rotatable bonds is 3. The Labute approximate surface area is 90.7 Å². The molecule has 15 heavy (non-hydrogen) atoms. The number of hydrogen-bond donors (Lipinski definition) is 1. The third-order valence-electron chi connectivity index (χ3n) is 2.64. The van der Waals surface area contributed by atoms with E-state index < -0.39 is 9.84 Å². The molecule has 1 N–H and O–H groups in total. The van der Waals surface area contributed by atoms with Crippen LogP contribution in [0.5, 0.6) is 0 Å². The lowest BCUT2D eigenvalue weighted by Crippen LogP contribution is -2.45. The van der Waals surface area contributed by atoms with Crippen molar-refractivity contribution in [1.82, 2.24) is 10.2 Å². The van der Waals surface area contributed by atoms with Crippen LogP contribution in [0.2, 0.25) is 0 Å². The summed E-state index contributed by atoms with van der Waals surface area (Å²) in [5, 5.41) is 3.16. The third kappa shape index (κ3) is 4.17. The van der Waals surface area contributed by atoms with Gasteiger partial charge in [0.25, 0.3) is 0 Å². The van der Waals surface area contributed by atoms with Crippen LogP contribution >= 0.6 is 0 Å². The SMILES string of the molecule is CNC1CCN(C(=O)CS(C)(=O)=O)CC1. The normalized spacial score (nSPS) is 19.2. The highest BCUT2D eigenvalue weighted by Gasteiger charge is 2.23. The smallest absolute Gasteiger partial charge is 0.237 e. The lowest BCUT2D eigenvalue weighted by atomic mass is 10.1. The summed E-state index contributed by atoms with van der Waals surface area (Å²) < 4.78 is 21.9. The molecular weight excluding hydrogens is 216 g/mol. The van der Waals surface area contributed by atoms with Crippen LogP contribution in [0.4, 0.5) is 0 Å². The molecule has 1 aliphatic heterocycles. The van der Waals surface area contributed by atoms with E-state index in [-0.39, 0.29) is 11.7 Å². The van der Waals surface area contributed by atoms with Gasteiger partial charge in [0.05, 0.1) is 0 Å². The molecule has 88 valence electrons. The van der Waals surface area contributed by atoms with Crippen molar-refractivity contribution in [2.75, 3.05) is 32.1 Å². The molecule has 1 fully saturated rings. The van der Waals surface area contributed by atoms with Gasteiger partial charge < -0.3 is 10.2 Å². The summed E-state index contributed by atoms with van der Waals surface area (Å²) in [7, 11) is -1.30. The molecule has 0 saturated carbocycles. The van der Waals surface area contributed by atoms with Crippen LogP contribution in [0.3, 0.4) is 0 Å². The Morgan fingerprint density at radius 2 is 1.93 bits per heavy atom. The first-order valence-corrected chi connectivity index (χ1v) is 7.11. The maximum atomic E-state index is 11.5. The van der Waals surface area contributed by atoms with Crippen LogP contribution in [0.1, 0.15) is 12.8 Å². The molecule has 1 saturated heterocycles. The molecule has 0 aromatic rings. The summed E-state index contributed by atoms with van der Waals surface area (Å²) in [6, 6.07) is 0.451. The summed E-state index contributed by atoms with van der Waals surface area (Å²) in [6.45, 7) is 1.31. The largest absolute Gasteiger partial charge is 0.342 e. The predicted molar refractivity (Wildman–Crippen MR) is 58.4 cm³/mol. The van der Waals surface area contributed by atoms with Crippen molar-refractivity contribution in [2.45, 2.75) is 18.9 Å². The molecule has 0 spiro atoms. The second kappa shape index (κ2) is 4.94. The van der Waals surface area contributed by atoms with Crippen LogP contribution in [0.25, 0.3) is 0 Å². The van der Waals surface area contributed by atoms with Gasteiger partial charge in [0.15, 0.2) is 9.84 Å². The molecule has 5 nitrogen and oxygen atoms in total. The van der Waals surface area contributed by atoms with Crippen molar-refractivity contribution in [3.05, 3.63) is 0 Å². The maximum absolute atomic E-state index is 11.5. The van der Waals surface area contributed by atoms with Gasteiger partial charge in [-0.3, -0.25) is 4.79 Å². The van der Waals surface area contributed by atoms with Crippen LogP contribution < -0.4 is 5.32 Å². The molecule has 1 heterocycles. The number of sulfone groups is 1. The standard InChI is InChI=1S/C9H18N2O3S/c1-10-8-3-5-11(6-4-8)9(12)7-15(2,13)14/h8,10H,3-7H2,1-2H3. The van der Waals surface area contributed by atoms with Crippen molar-refractivity contribution in [3.63, 3.8) is 0 Å². The molecule has 0 bridgehead atoms. The summed E-state index contributed by atoms with van der Waals surface area (Å²) in [5.74, 6) is -0.635. The van der Waals surface area contributed by atoms with Gasteiger partial charge in [-0.1, -0.05) is 0 Å². The minimum atomic E-state index is -3.20. The number of hydrogen-bond acceptors (Lipinski definition) is 4. The predicted octanol–water partition coefficient (Wildman–Crippen LogP) is -0.759. The number of nitrogens with zero attached hydrogens (tertiary/aromatic N) is 1. The first kappa shape index (κ1) is 12.4. The topological polar surface area (TPSA) is 66.5 Å². The van der Waals surface area contributed by atoms with E-state index in [1.165, 1.54) is 0 Å². The van der Waals surface area contributed by atoms with Gasteiger partial charge in [-0.2, -0.15) is 0 Å². The van der Waals surface area contributed by atoms with E-state index >= 15 is 0 Å². The van der Waals surface area contributed by atoms with Crippen molar-refractivity contribution >= 4 is 15.7 Å². The van der Waals surface area contributed by atoms with E-state index in [4.69, 9.17) is 0 Å². The average Bonchev–Trinajstić information content (AvgIpc) is 2.15. The number of nitrogens with one attached hydrogen (secondary N) is 1. The van der Waals surface area contributed by atoms with Crippen molar-refractivity contribution < 1.29 is 13.2 Å². The Morgan fingerprint density at radius 1 is 1.40 bits per heavy atom. The van der Waals surface area contributed by atoms with Gasteiger partial charge in [-0.15, -0.1) is 0 Å². The van der Waals surface area contributed by atoms with E-state index in [2.05, 4.69) is 5.32 Å². The number of piperidine rings is 1. The summed E-state index contributed by atoms with van der Waals surface area (Å²) in [6.07, 6.45) is 2.88. The zero-order valence-electron chi connectivity index (χ0n) is 9.19. The van der Waals surface area contributed by atoms with Crippen molar-refractivity contribution in [3.8, 4) is 0 Å². The van der Waals surface area contributed by atoms with E-state index in [0.717, 1.165) is 19.1 Å². The Morgan fingerprint density at radius 3 is 2.33 bits per heavy atom. The monoisotopic (exact) mass is 234 g/mol. The van der Waals surface area contributed by atoms with Crippen LogP contribution in [0.15, 0.2) is 0 Å². The zero-order valence-corrected chi connectivity index (χ0v) is 10.0. The molecule has 1 amide bonds. The minimum absolute atomic E-state index is 0.271. The van der Waals surface area contributed by atoms with E-state index in [9.17, 15) is 13.2 Å². The third-order valence-corrected chi connectivity index (χ3v) is 3.41. The van der Waals surface area contributed by atoms with Gasteiger partial charge >= 0.3 is 0 Å². The highest BCUT2D eigenvalue weighted by atomic mass is 32.2. The van der Waals surface area contributed by atoms with Gasteiger partial charge in [0, 0.05) is 25.4 Å². The number of carbonyl (C=O) groups excluding carboxylic acids is 1. The Kier molecular flexibility index (Phi) is 4.10. The average molecular weight is 234 g/mol. The molecule has 0 unspecified atom stereocenters. The lowest BCUT2D eigenvalue weighted by Gasteiger charge is -2.31. The quantitative estimate of drug-likeness (QED) is 0.697. The van der Waals surface area contributed by atoms with Crippen molar-refractivity contribution in [1.29, 1.82) is 0 Å². The van der Waals surface area contributed by atoms with Crippen LogP contribution in [0, 0.1) is 0 Å². The summed E-state index contributed by atoms with van der Waals surface area (Å²) in [4.78, 5) is 13.2. The molecular formula is C9H18N2O3S. The number of amides is 1. The van der Waals surface area contributed by atoms with E-state index in [1.807, 2.05) is 7.05 Å². The molecule has 0 atom stereocenters. The molecule has 0 aromatic heterocycles. The fraction of sp³-hybridized carbons (Fsp3) is 0.889. The van der Waals surface area contributed by atoms with E-state index in [0.29, 0.717) is 19.1 Å². The molecule has 1 aliphatic rings. The Hall–Kier alpha value is -0.620. The van der Waals surface area contributed by atoms with Gasteiger partial charge in [0.1, 0.15) is 5.75 Å². The Balaban J connectivity index is 2.43. The summed E-state index contributed by atoms with van der Waals surface area (Å²) >= 11 is 0. The lowest BCUT2D eigenvalue weighted by molar-refractivity contribution is -0.129. The molecule has 1 rings (SSSR count). The van der Waals surface area contributed by atoms with E-state index in [1.54, 1.807) is 4.90 Å². The number of carbonyl (C=O) groups is 1.